The number of benzene rings is 5. The molecule has 0 aliphatic carbocycles. The number of rotatable bonds is 11. The van der Waals surface area contributed by atoms with Crippen molar-refractivity contribution in [1.29, 1.82) is 0 Å². The van der Waals surface area contributed by atoms with Crippen LogP contribution in [0.15, 0.2) is 155 Å². The summed E-state index contributed by atoms with van der Waals surface area (Å²) < 4.78 is 6.04. The maximum atomic E-state index is 13.7. The molecule has 1 aromatic heterocycles. The third kappa shape index (κ3) is 9.12. The second-order valence-corrected chi connectivity index (χ2v) is 13.3. The van der Waals surface area contributed by atoms with Gasteiger partial charge in [-0.25, -0.2) is 0 Å². The molecule has 0 aliphatic heterocycles. The molecular formula is C43H37N3O4S. The molecule has 254 valence electrons. The minimum atomic E-state index is -0.525. The quantitative estimate of drug-likeness (QED) is 0.0928. The lowest BCUT2D eigenvalue weighted by atomic mass is 10.1. The van der Waals surface area contributed by atoms with Crippen LogP contribution in [0.1, 0.15) is 43.6 Å². The molecule has 7 nitrogen and oxygen atoms in total. The molecule has 51 heavy (non-hydrogen) atoms. The zero-order chi connectivity index (χ0) is 35.7. The van der Waals surface area contributed by atoms with E-state index in [2.05, 4.69) is 16.0 Å². The van der Waals surface area contributed by atoms with Crippen molar-refractivity contribution in [2.75, 3.05) is 10.6 Å². The van der Waals surface area contributed by atoms with Gasteiger partial charge in [0, 0.05) is 33.5 Å². The van der Waals surface area contributed by atoms with Crippen molar-refractivity contribution in [3.05, 3.63) is 179 Å². The Morgan fingerprint density at radius 1 is 0.686 bits per heavy atom. The molecule has 1 atom stereocenters. The Hall–Kier alpha value is -6.12. The highest BCUT2D eigenvalue weighted by atomic mass is 32.2. The van der Waals surface area contributed by atoms with E-state index in [0.717, 1.165) is 38.4 Å². The Balaban J connectivity index is 1.20. The Morgan fingerprint density at radius 2 is 1.35 bits per heavy atom. The van der Waals surface area contributed by atoms with Gasteiger partial charge < -0.3 is 20.4 Å². The van der Waals surface area contributed by atoms with Crippen LogP contribution < -0.4 is 16.0 Å². The van der Waals surface area contributed by atoms with Gasteiger partial charge in [-0.2, -0.15) is 0 Å². The molecule has 0 bridgehead atoms. The first-order valence-electron chi connectivity index (χ1n) is 16.5. The number of amides is 3. The number of anilines is 2. The summed E-state index contributed by atoms with van der Waals surface area (Å²) in [6, 6.07) is 43.0. The highest BCUT2D eigenvalue weighted by Gasteiger charge is 2.23. The van der Waals surface area contributed by atoms with Crippen LogP contribution in [-0.4, -0.2) is 17.7 Å². The molecule has 6 aromatic rings. The predicted octanol–water partition coefficient (Wildman–Crippen LogP) is 9.75. The van der Waals surface area contributed by atoms with E-state index < -0.39 is 17.1 Å². The molecule has 3 N–H and O–H groups in total. The molecule has 3 amide bonds. The van der Waals surface area contributed by atoms with Crippen LogP contribution in [-0.2, 0) is 9.59 Å². The summed E-state index contributed by atoms with van der Waals surface area (Å²) in [5.41, 5.74) is 6.73. The normalized spacial score (nSPS) is 11.8. The number of carbonyl (C=O) groups is 3. The Kier molecular flexibility index (Phi) is 10.9. The van der Waals surface area contributed by atoms with Gasteiger partial charge in [0.2, 0.25) is 5.91 Å². The fourth-order valence-electron chi connectivity index (χ4n) is 5.39. The Bertz CT molecular complexity index is 2180. The molecule has 1 unspecified atom stereocenters. The van der Waals surface area contributed by atoms with Crippen LogP contribution in [0.4, 0.5) is 11.4 Å². The second-order valence-electron chi connectivity index (χ2n) is 12.1. The smallest absolute Gasteiger partial charge is 0.272 e. The van der Waals surface area contributed by atoms with Crippen molar-refractivity contribution >= 4 is 46.9 Å². The average molecular weight is 692 g/mol. The van der Waals surface area contributed by atoms with Gasteiger partial charge in [-0.15, -0.1) is 11.8 Å². The fraction of sp³-hybridized carbons (Fsp3) is 0.0930. The van der Waals surface area contributed by atoms with Crippen LogP contribution in [0.3, 0.4) is 0 Å². The first kappa shape index (κ1) is 34.7. The van der Waals surface area contributed by atoms with Crippen LogP contribution in [0, 0.1) is 20.8 Å². The highest BCUT2D eigenvalue weighted by Crippen LogP contribution is 2.37. The lowest BCUT2D eigenvalue weighted by Crippen LogP contribution is -2.30. The van der Waals surface area contributed by atoms with Crippen LogP contribution in [0.25, 0.3) is 17.4 Å². The lowest BCUT2D eigenvalue weighted by Gasteiger charge is -2.18. The summed E-state index contributed by atoms with van der Waals surface area (Å²) >= 11 is 1.42. The maximum Gasteiger partial charge on any atom is 0.272 e. The fourth-order valence-corrected chi connectivity index (χ4v) is 6.42. The van der Waals surface area contributed by atoms with Gasteiger partial charge in [0.1, 0.15) is 22.5 Å². The highest BCUT2D eigenvalue weighted by molar-refractivity contribution is 8.00. The zero-order valence-corrected chi connectivity index (χ0v) is 29.3. The number of hydrogen-bond donors (Lipinski definition) is 3. The molecule has 0 fully saturated rings. The van der Waals surface area contributed by atoms with E-state index in [0.29, 0.717) is 22.8 Å². The van der Waals surface area contributed by atoms with Crippen molar-refractivity contribution in [3.63, 3.8) is 0 Å². The maximum absolute atomic E-state index is 13.7. The van der Waals surface area contributed by atoms with Gasteiger partial charge >= 0.3 is 0 Å². The van der Waals surface area contributed by atoms with Crippen molar-refractivity contribution in [3.8, 4) is 11.3 Å². The van der Waals surface area contributed by atoms with Gasteiger partial charge in [-0.3, -0.25) is 14.4 Å². The molecule has 0 saturated heterocycles. The summed E-state index contributed by atoms with van der Waals surface area (Å²) in [5, 5.41) is 8.23. The second kappa shape index (κ2) is 16.1. The van der Waals surface area contributed by atoms with E-state index >= 15 is 0 Å². The summed E-state index contributed by atoms with van der Waals surface area (Å²) in [4.78, 5) is 41.3. The minimum absolute atomic E-state index is 0.0133. The van der Waals surface area contributed by atoms with Crippen LogP contribution >= 0.6 is 11.8 Å². The molecule has 5 aromatic carbocycles. The van der Waals surface area contributed by atoms with Gasteiger partial charge in [0.05, 0.1) is 0 Å². The average Bonchev–Trinajstić information content (AvgIpc) is 3.61. The predicted molar refractivity (Wildman–Crippen MR) is 205 cm³/mol. The van der Waals surface area contributed by atoms with Gasteiger partial charge in [0.15, 0.2) is 0 Å². The monoisotopic (exact) mass is 691 g/mol. The van der Waals surface area contributed by atoms with E-state index in [1.807, 2.05) is 118 Å². The number of aryl methyl sites for hydroxylation is 3. The Labute approximate surface area is 301 Å². The first-order valence-corrected chi connectivity index (χ1v) is 17.4. The molecule has 6 rings (SSSR count). The van der Waals surface area contributed by atoms with Crippen molar-refractivity contribution < 1.29 is 18.8 Å². The number of furan rings is 1. The third-order valence-electron chi connectivity index (χ3n) is 8.12. The summed E-state index contributed by atoms with van der Waals surface area (Å²) in [5.74, 6) is -0.0482. The molecule has 8 heteroatoms. The van der Waals surface area contributed by atoms with Crippen molar-refractivity contribution in [2.45, 2.75) is 30.9 Å². The van der Waals surface area contributed by atoms with Gasteiger partial charge in [0.25, 0.3) is 11.8 Å². The third-order valence-corrected chi connectivity index (χ3v) is 9.39. The SMILES string of the molecule is Cc1ccc(-c2ccc(/C=C(\NC(=O)c3ccccc3)C(=O)Nc3ccc(SC(C(=O)Nc4ccc(C)cc4C)c4ccccc4)cc3)o2)cc1. The number of carbonyl (C=O) groups excluding carboxylic acids is 3. The van der Waals surface area contributed by atoms with Crippen LogP contribution in [0.2, 0.25) is 0 Å². The van der Waals surface area contributed by atoms with E-state index in [1.165, 1.54) is 17.8 Å². The lowest BCUT2D eigenvalue weighted by molar-refractivity contribution is -0.116. The largest absolute Gasteiger partial charge is 0.457 e. The van der Waals surface area contributed by atoms with E-state index in [1.54, 1.807) is 42.5 Å². The van der Waals surface area contributed by atoms with Crippen molar-refractivity contribution in [1.82, 2.24) is 5.32 Å². The molecule has 0 aliphatic rings. The molecule has 0 spiro atoms. The molecule has 1 heterocycles. The number of hydrogen-bond acceptors (Lipinski definition) is 5. The van der Waals surface area contributed by atoms with Crippen LogP contribution in [0.5, 0.6) is 0 Å². The number of nitrogens with one attached hydrogen (secondary N) is 3. The standard InChI is InChI=1S/C43H37N3O4S/c1-28-14-17-31(18-15-28)39-25-21-35(50-39)27-38(46-41(47)33-12-8-5-9-13-33)42(48)44-34-19-22-36(23-20-34)51-40(32-10-6-4-7-11-32)43(49)45-37-24-16-29(2)26-30(37)3/h4-27,40H,1-3H3,(H,44,48)(H,45,49)(H,46,47)/b38-27-. The summed E-state index contributed by atoms with van der Waals surface area (Å²) in [7, 11) is 0. The van der Waals surface area contributed by atoms with Crippen molar-refractivity contribution in [2.24, 2.45) is 0 Å². The summed E-state index contributed by atoms with van der Waals surface area (Å²) in [6.45, 7) is 6.01. The first-order chi connectivity index (χ1) is 24.7. The zero-order valence-electron chi connectivity index (χ0n) is 28.5. The summed E-state index contributed by atoms with van der Waals surface area (Å²) in [6.07, 6.45) is 1.51. The van der Waals surface area contributed by atoms with E-state index in [9.17, 15) is 14.4 Å². The van der Waals surface area contributed by atoms with E-state index in [4.69, 9.17) is 4.42 Å². The van der Waals surface area contributed by atoms with Gasteiger partial charge in [-0.1, -0.05) is 96.1 Å². The molecule has 0 saturated carbocycles. The topological polar surface area (TPSA) is 100 Å². The molecule has 0 radical (unpaired) electrons. The van der Waals surface area contributed by atoms with Gasteiger partial charge in [-0.05, 0) is 86.5 Å². The number of thioether (sulfide) groups is 1. The minimum Gasteiger partial charge on any atom is -0.457 e. The Morgan fingerprint density at radius 3 is 2.04 bits per heavy atom. The molecular weight excluding hydrogens is 655 g/mol. The van der Waals surface area contributed by atoms with E-state index in [-0.39, 0.29) is 11.6 Å².